The Hall–Kier alpha value is -1.88. The minimum atomic E-state index is -0.0183. The van der Waals surface area contributed by atoms with Crippen LogP contribution in [0.15, 0.2) is 16.7 Å². The normalized spacial score (nSPS) is 10.5. The molecule has 90 valence electrons. The van der Waals surface area contributed by atoms with Gasteiger partial charge in [0.25, 0.3) is 0 Å². The summed E-state index contributed by atoms with van der Waals surface area (Å²) < 4.78 is 9.83. The summed E-state index contributed by atoms with van der Waals surface area (Å²) >= 11 is 6.16. The van der Waals surface area contributed by atoms with E-state index in [0.29, 0.717) is 11.3 Å². The monoisotopic (exact) mass is 254 g/mol. The molecule has 0 aliphatic heterocycles. The van der Waals surface area contributed by atoms with E-state index < -0.39 is 0 Å². The van der Waals surface area contributed by atoms with Gasteiger partial charge < -0.3 is 20.1 Å². The van der Waals surface area contributed by atoms with Gasteiger partial charge >= 0.3 is 0 Å². The van der Waals surface area contributed by atoms with Gasteiger partial charge in [-0.25, -0.2) is 0 Å². The van der Waals surface area contributed by atoms with Gasteiger partial charge in [0.05, 0.1) is 12.1 Å². The fourth-order valence-corrected chi connectivity index (χ4v) is 2.08. The first kappa shape index (κ1) is 11.6. The number of nitrogens with zero attached hydrogens (tertiary/aromatic N) is 1. The highest BCUT2D eigenvalue weighted by molar-refractivity contribution is 6.35. The molecule has 0 spiro atoms. The van der Waals surface area contributed by atoms with Crippen molar-refractivity contribution in [2.45, 2.75) is 6.92 Å². The number of phenolic OH excluding ortho intramolecular Hbond substituents is 1. The van der Waals surface area contributed by atoms with Crippen LogP contribution in [-0.2, 0) is 0 Å². The first-order valence-electron chi connectivity index (χ1n) is 4.83. The second-order valence-corrected chi connectivity index (χ2v) is 3.93. The van der Waals surface area contributed by atoms with Gasteiger partial charge in [-0.05, 0) is 18.6 Å². The first-order valence-corrected chi connectivity index (χ1v) is 5.21. The van der Waals surface area contributed by atoms with Crippen LogP contribution in [0.4, 0.5) is 5.88 Å². The average molecular weight is 255 g/mol. The van der Waals surface area contributed by atoms with Gasteiger partial charge in [0.1, 0.15) is 5.69 Å². The number of methoxy groups -OCH3 is 1. The van der Waals surface area contributed by atoms with E-state index in [1.807, 2.05) is 0 Å². The third-order valence-corrected chi connectivity index (χ3v) is 2.75. The number of aryl methyl sites for hydroxylation is 1. The molecule has 0 saturated heterocycles. The Balaban J connectivity index is 2.69. The molecule has 0 unspecified atom stereocenters. The standard InChI is InChI=1S/C11H11ClN2O3/c1-5-3-7(15)11(16-2)10(12)9(5)6-4-8(13)17-14-6/h3-4,15H,13H2,1-2H3. The Morgan fingerprint density at radius 1 is 1.47 bits per heavy atom. The predicted molar refractivity (Wildman–Crippen MR) is 64.3 cm³/mol. The van der Waals surface area contributed by atoms with Crippen LogP contribution in [0.25, 0.3) is 11.3 Å². The minimum Gasteiger partial charge on any atom is -0.504 e. The molecule has 2 aromatic rings. The molecule has 0 saturated carbocycles. The molecular formula is C11H11ClN2O3. The maximum absolute atomic E-state index is 9.67. The zero-order valence-corrected chi connectivity index (χ0v) is 10.1. The van der Waals surface area contributed by atoms with E-state index in [9.17, 15) is 5.11 Å². The minimum absolute atomic E-state index is 0.0183. The van der Waals surface area contributed by atoms with Crippen molar-refractivity contribution in [1.82, 2.24) is 5.16 Å². The lowest BCUT2D eigenvalue weighted by Gasteiger charge is -2.11. The van der Waals surface area contributed by atoms with Crippen molar-refractivity contribution < 1.29 is 14.4 Å². The van der Waals surface area contributed by atoms with E-state index >= 15 is 0 Å². The smallest absolute Gasteiger partial charge is 0.222 e. The maximum atomic E-state index is 9.67. The SMILES string of the molecule is COc1c(O)cc(C)c(-c2cc(N)on2)c1Cl. The zero-order chi connectivity index (χ0) is 12.6. The summed E-state index contributed by atoms with van der Waals surface area (Å²) in [6, 6.07) is 3.11. The second-order valence-electron chi connectivity index (χ2n) is 3.55. The molecule has 0 bridgehead atoms. The third-order valence-electron chi connectivity index (χ3n) is 2.39. The van der Waals surface area contributed by atoms with E-state index in [2.05, 4.69) is 5.16 Å². The predicted octanol–water partition coefficient (Wildman–Crippen LogP) is 2.60. The highest BCUT2D eigenvalue weighted by atomic mass is 35.5. The van der Waals surface area contributed by atoms with Crippen LogP contribution in [0, 0.1) is 6.92 Å². The Morgan fingerprint density at radius 2 is 2.18 bits per heavy atom. The lowest BCUT2D eigenvalue weighted by Crippen LogP contribution is -1.91. The van der Waals surface area contributed by atoms with Gasteiger partial charge in [-0.3, -0.25) is 0 Å². The molecule has 2 rings (SSSR count). The summed E-state index contributed by atoms with van der Waals surface area (Å²) in [4.78, 5) is 0. The molecular weight excluding hydrogens is 244 g/mol. The van der Waals surface area contributed by atoms with Gasteiger partial charge in [-0.15, -0.1) is 0 Å². The molecule has 0 fully saturated rings. The summed E-state index contributed by atoms with van der Waals surface area (Å²) in [6.07, 6.45) is 0. The molecule has 17 heavy (non-hydrogen) atoms. The topological polar surface area (TPSA) is 81.5 Å². The molecule has 0 amide bonds. The van der Waals surface area contributed by atoms with Crippen molar-refractivity contribution in [2.75, 3.05) is 12.8 Å². The lowest BCUT2D eigenvalue weighted by molar-refractivity contribution is 0.373. The maximum Gasteiger partial charge on any atom is 0.222 e. The van der Waals surface area contributed by atoms with Crippen molar-refractivity contribution in [1.29, 1.82) is 0 Å². The summed E-state index contributed by atoms with van der Waals surface area (Å²) in [5, 5.41) is 13.7. The Kier molecular flexibility index (Phi) is 2.85. The summed E-state index contributed by atoms with van der Waals surface area (Å²) in [6.45, 7) is 1.80. The second kappa shape index (κ2) is 4.18. The first-order chi connectivity index (χ1) is 8.04. The Morgan fingerprint density at radius 3 is 2.71 bits per heavy atom. The summed E-state index contributed by atoms with van der Waals surface area (Å²) in [5.74, 6) is 0.381. The number of hydrogen-bond donors (Lipinski definition) is 2. The largest absolute Gasteiger partial charge is 0.504 e. The Labute approximate surface area is 103 Å². The molecule has 0 aliphatic carbocycles. The van der Waals surface area contributed by atoms with Crippen LogP contribution < -0.4 is 10.5 Å². The fourth-order valence-electron chi connectivity index (χ4n) is 1.66. The highest BCUT2D eigenvalue weighted by Crippen LogP contribution is 2.43. The zero-order valence-electron chi connectivity index (χ0n) is 9.32. The molecule has 1 aromatic carbocycles. The van der Waals surface area contributed by atoms with E-state index in [-0.39, 0.29) is 22.4 Å². The van der Waals surface area contributed by atoms with E-state index in [1.54, 1.807) is 19.1 Å². The van der Waals surface area contributed by atoms with Crippen LogP contribution in [-0.4, -0.2) is 17.4 Å². The van der Waals surface area contributed by atoms with Crippen molar-refractivity contribution in [3.8, 4) is 22.8 Å². The number of benzene rings is 1. The molecule has 0 aliphatic rings. The molecule has 1 heterocycles. The number of nitrogen functional groups attached to an aromatic ring is 1. The molecule has 3 N–H and O–H groups in total. The fraction of sp³-hybridized carbons (Fsp3) is 0.182. The summed E-state index contributed by atoms with van der Waals surface area (Å²) in [7, 11) is 1.43. The van der Waals surface area contributed by atoms with Crippen LogP contribution in [0.1, 0.15) is 5.56 Å². The number of aromatic nitrogens is 1. The number of phenols is 1. The molecule has 6 heteroatoms. The van der Waals surface area contributed by atoms with Crippen molar-refractivity contribution in [3.63, 3.8) is 0 Å². The summed E-state index contributed by atoms with van der Waals surface area (Å²) in [5.41, 5.74) is 7.34. The van der Waals surface area contributed by atoms with Gasteiger partial charge in [0.2, 0.25) is 5.88 Å². The van der Waals surface area contributed by atoms with Gasteiger partial charge in [-0.2, -0.15) is 0 Å². The van der Waals surface area contributed by atoms with Crippen LogP contribution in [0.2, 0.25) is 5.02 Å². The van der Waals surface area contributed by atoms with Crippen LogP contribution in [0.5, 0.6) is 11.5 Å². The number of rotatable bonds is 2. The van der Waals surface area contributed by atoms with Crippen molar-refractivity contribution >= 4 is 17.5 Å². The van der Waals surface area contributed by atoms with Gasteiger partial charge in [0.15, 0.2) is 11.5 Å². The van der Waals surface area contributed by atoms with E-state index in [1.165, 1.54) is 7.11 Å². The third kappa shape index (κ3) is 1.89. The van der Waals surface area contributed by atoms with Gasteiger partial charge in [-0.1, -0.05) is 16.8 Å². The van der Waals surface area contributed by atoms with Crippen molar-refractivity contribution in [2.24, 2.45) is 0 Å². The molecule has 0 atom stereocenters. The van der Waals surface area contributed by atoms with E-state index in [4.69, 9.17) is 26.6 Å². The number of anilines is 1. The van der Waals surface area contributed by atoms with Crippen molar-refractivity contribution in [3.05, 3.63) is 22.7 Å². The average Bonchev–Trinajstić information content (AvgIpc) is 2.64. The molecule has 1 aromatic heterocycles. The van der Waals surface area contributed by atoms with E-state index in [0.717, 1.165) is 5.56 Å². The van der Waals surface area contributed by atoms with Gasteiger partial charge in [0, 0.05) is 11.6 Å². The lowest BCUT2D eigenvalue weighted by atomic mass is 10.0. The number of ether oxygens (including phenoxy) is 1. The Bertz CT molecular complexity index is 566. The quantitative estimate of drug-likeness (QED) is 0.861. The number of halogens is 1. The number of nitrogens with two attached hydrogens (primary N) is 1. The highest BCUT2D eigenvalue weighted by Gasteiger charge is 2.18. The van der Waals surface area contributed by atoms with Crippen LogP contribution >= 0.6 is 11.6 Å². The molecule has 0 radical (unpaired) electrons. The number of aromatic hydroxyl groups is 1. The molecule has 5 nitrogen and oxygen atoms in total. The van der Waals surface area contributed by atoms with Crippen LogP contribution in [0.3, 0.4) is 0 Å². The number of hydrogen-bond acceptors (Lipinski definition) is 5.